The summed E-state index contributed by atoms with van der Waals surface area (Å²) in [5, 5.41) is 3.20. The number of piperidine rings is 1. The van der Waals surface area contributed by atoms with Crippen LogP contribution in [-0.2, 0) is 28.7 Å². The van der Waals surface area contributed by atoms with E-state index in [2.05, 4.69) is 0 Å². The summed E-state index contributed by atoms with van der Waals surface area (Å²) >= 11 is 0. The van der Waals surface area contributed by atoms with Crippen LogP contribution in [0.15, 0.2) is 24.0 Å². The van der Waals surface area contributed by atoms with Gasteiger partial charge in [-0.05, 0) is 51.2 Å². The predicted molar refractivity (Wildman–Crippen MR) is 118 cm³/mol. The van der Waals surface area contributed by atoms with E-state index in [0.717, 1.165) is 17.5 Å². The minimum Gasteiger partial charge on any atom is -0.434 e. The molecule has 3 aliphatic heterocycles. The zero-order valence-corrected chi connectivity index (χ0v) is 19.7. The summed E-state index contributed by atoms with van der Waals surface area (Å²) in [6.07, 6.45) is 1.12. The van der Waals surface area contributed by atoms with E-state index in [4.69, 9.17) is 23.9 Å². The third-order valence-corrected chi connectivity index (χ3v) is 6.45. The Balaban J connectivity index is 1.82. The monoisotopic (exact) mass is 460 g/mol. The van der Waals surface area contributed by atoms with E-state index in [0.29, 0.717) is 50.1 Å². The molecular weight excluding hydrogens is 428 g/mol. The molecule has 1 aromatic carbocycles. The smallest absolute Gasteiger partial charge is 0.434 e. The summed E-state index contributed by atoms with van der Waals surface area (Å²) < 4.78 is 16.6. The Hall–Kier alpha value is -2.46. The van der Waals surface area contributed by atoms with E-state index in [1.165, 1.54) is 5.06 Å². The summed E-state index contributed by atoms with van der Waals surface area (Å²) in [6.45, 7) is 7.46. The molecule has 180 valence electrons. The van der Waals surface area contributed by atoms with Crippen LogP contribution >= 0.6 is 0 Å². The molecule has 0 bridgehead atoms. The number of benzene rings is 1. The Kier molecular flexibility index (Phi) is 7.04. The molecular formula is C24H32N2O7. The lowest BCUT2D eigenvalue weighted by Gasteiger charge is -2.43. The number of hydrogen-bond donors (Lipinski definition) is 0. The highest BCUT2D eigenvalue weighted by molar-refractivity contribution is 6.23. The van der Waals surface area contributed by atoms with E-state index in [-0.39, 0.29) is 18.3 Å². The van der Waals surface area contributed by atoms with Crippen molar-refractivity contribution in [2.45, 2.75) is 58.3 Å². The number of hydroxylamine groups is 4. The first-order valence-corrected chi connectivity index (χ1v) is 11.5. The number of amides is 1. The summed E-state index contributed by atoms with van der Waals surface area (Å²) in [5.74, 6) is -0.0747. The van der Waals surface area contributed by atoms with Gasteiger partial charge in [0.25, 0.3) is 5.91 Å². The maximum atomic E-state index is 13.9. The topological polar surface area (TPSA) is 86.8 Å². The second-order valence-corrected chi connectivity index (χ2v) is 8.60. The van der Waals surface area contributed by atoms with Crippen molar-refractivity contribution >= 4 is 17.6 Å². The molecule has 1 unspecified atom stereocenters. The van der Waals surface area contributed by atoms with Crippen molar-refractivity contribution in [3.8, 4) is 0 Å². The second kappa shape index (κ2) is 9.80. The Labute approximate surface area is 194 Å². The van der Waals surface area contributed by atoms with Gasteiger partial charge in [-0.3, -0.25) is 4.79 Å². The van der Waals surface area contributed by atoms with Crippen LogP contribution in [0.25, 0.3) is 5.57 Å². The summed E-state index contributed by atoms with van der Waals surface area (Å²) in [7, 11) is 1.62. The molecule has 1 atom stereocenters. The molecule has 1 amide bonds. The van der Waals surface area contributed by atoms with Gasteiger partial charge in [0.2, 0.25) is 0 Å². The first kappa shape index (κ1) is 23.7. The summed E-state index contributed by atoms with van der Waals surface area (Å²) in [4.78, 5) is 38.0. The molecule has 0 aromatic heterocycles. The van der Waals surface area contributed by atoms with E-state index < -0.39 is 18.0 Å². The van der Waals surface area contributed by atoms with Crippen molar-refractivity contribution in [1.29, 1.82) is 0 Å². The number of carbonyl (C=O) groups excluding carboxylic acids is 2. The number of nitrogens with zero attached hydrogens (tertiary/aromatic N) is 2. The fourth-order valence-corrected chi connectivity index (χ4v) is 4.79. The maximum Gasteiger partial charge on any atom is 0.513 e. The maximum absolute atomic E-state index is 13.9. The number of ether oxygens (including phenoxy) is 3. The molecule has 0 N–H and O–H groups in total. The first-order chi connectivity index (χ1) is 15.9. The Bertz CT molecular complexity index is 931. The summed E-state index contributed by atoms with van der Waals surface area (Å²) in [5.41, 5.74) is 2.04. The molecule has 9 heteroatoms. The molecule has 0 saturated carbocycles. The minimum atomic E-state index is -0.975. The molecule has 2 saturated heterocycles. The average molecular weight is 461 g/mol. The van der Waals surface area contributed by atoms with E-state index in [1.54, 1.807) is 14.0 Å². The lowest BCUT2D eigenvalue weighted by Crippen LogP contribution is -2.56. The molecule has 1 aromatic rings. The highest BCUT2D eigenvalue weighted by Gasteiger charge is 2.57. The Morgan fingerprint density at radius 3 is 2.61 bits per heavy atom. The lowest BCUT2D eigenvalue weighted by atomic mass is 9.85. The van der Waals surface area contributed by atoms with Crippen molar-refractivity contribution < 1.29 is 33.5 Å². The van der Waals surface area contributed by atoms with Gasteiger partial charge in [0.15, 0.2) is 12.0 Å². The van der Waals surface area contributed by atoms with Crippen LogP contribution in [0.4, 0.5) is 4.79 Å². The van der Waals surface area contributed by atoms with Gasteiger partial charge in [-0.1, -0.05) is 23.8 Å². The van der Waals surface area contributed by atoms with E-state index >= 15 is 0 Å². The third kappa shape index (κ3) is 4.50. The second-order valence-electron chi connectivity index (χ2n) is 8.60. The van der Waals surface area contributed by atoms with E-state index in [9.17, 15) is 9.59 Å². The number of carbonyl (C=O) groups is 2. The van der Waals surface area contributed by atoms with Gasteiger partial charge in [0.05, 0.1) is 25.9 Å². The molecule has 33 heavy (non-hydrogen) atoms. The SMILES string of the molecule is CCOC(=O)OC1=C(c2ccc(C)cc2C)C(=O)N(OC2CCCO2)C12CCN(OC)CC2. The van der Waals surface area contributed by atoms with Gasteiger partial charge in [-0.25, -0.2) is 14.7 Å². The number of hydrogen-bond acceptors (Lipinski definition) is 8. The fraction of sp³-hybridized carbons (Fsp3) is 0.583. The van der Waals surface area contributed by atoms with Crippen LogP contribution in [-0.4, -0.2) is 67.4 Å². The van der Waals surface area contributed by atoms with Crippen LogP contribution in [0, 0.1) is 13.8 Å². The van der Waals surface area contributed by atoms with Crippen LogP contribution in [0.1, 0.15) is 49.3 Å². The molecule has 4 rings (SSSR count). The van der Waals surface area contributed by atoms with Gasteiger partial charge >= 0.3 is 6.16 Å². The van der Waals surface area contributed by atoms with Crippen LogP contribution in [0.2, 0.25) is 0 Å². The normalized spacial score (nSPS) is 23.0. The third-order valence-electron chi connectivity index (χ3n) is 6.45. The number of rotatable bonds is 6. The van der Waals surface area contributed by atoms with Crippen molar-refractivity contribution in [3.63, 3.8) is 0 Å². The minimum absolute atomic E-state index is 0.166. The average Bonchev–Trinajstić information content (AvgIpc) is 3.38. The van der Waals surface area contributed by atoms with Gasteiger partial charge in [-0.15, -0.1) is 0 Å². The standard InChI is InChI=1S/C24H32N2O7/c1-5-30-23(28)32-21-20(18-9-8-16(2)15-17(18)3)22(27)26(33-19-7-6-14-31-19)24(21)10-12-25(29-4)13-11-24/h8-9,15,19H,5-7,10-14H2,1-4H3. The largest absolute Gasteiger partial charge is 0.513 e. The van der Waals surface area contributed by atoms with Crippen molar-refractivity contribution in [2.75, 3.05) is 33.4 Å². The zero-order chi connectivity index (χ0) is 23.6. The summed E-state index contributed by atoms with van der Waals surface area (Å²) in [6, 6.07) is 5.83. The van der Waals surface area contributed by atoms with Gasteiger partial charge in [-0.2, -0.15) is 5.06 Å². The zero-order valence-electron chi connectivity index (χ0n) is 19.7. The number of aryl methyl sites for hydroxylation is 2. The van der Waals surface area contributed by atoms with Gasteiger partial charge in [0, 0.05) is 19.5 Å². The molecule has 3 aliphatic rings. The first-order valence-electron chi connectivity index (χ1n) is 11.5. The molecule has 9 nitrogen and oxygen atoms in total. The van der Waals surface area contributed by atoms with Crippen molar-refractivity contribution in [2.24, 2.45) is 0 Å². The quantitative estimate of drug-likeness (QED) is 0.597. The molecule has 0 radical (unpaired) electrons. The van der Waals surface area contributed by atoms with Gasteiger partial charge in [0.1, 0.15) is 5.54 Å². The van der Waals surface area contributed by atoms with Crippen LogP contribution < -0.4 is 0 Å². The van der Waals surface area contributed by atoms with Crippen LogP contribution in [0.3, 0.4) is 0 Å². The lowest BCUT2D eigenvalue weighted by molar-refractivity contribution is -0.291. The highest BCUT2D eigenvalue weighted by Crippen LogP contribution is 2.48. The molecule has 2 fully saturated rings. The molecule has 0 aliphatic carbocycles. The van der Waals surface area contributed by atoms with E-state index in [1.807, 2.05) is 37.1 Å². The molecule has 3 heterocycles. The van der Waals surface area contributed by atoms with Crippen LogP contribution in [0.5, 0.6) is 0 Å². The highest BCUT2D eigenvalue weighted by atomic mass is 16.8. The Morgan fingerprint density at radius 2 is 2.00 bits per heavy atom. The van der Waals surface area contributed by atoms with Crippen molar-refractivity contribution in [1.82, 2.24) is 10.1 Å². The Morgan fingerprint density at radius 1 is 1.24 bits per heavy atom. The predicted octanol–water partition coefficient (Wildman–Crippen LogP) is 3.49. The fourth-order valence-electron chi connectivity index (χ4n) is 4.79. The van der Waals surface area contributed by atoms with Gasteiger partial charge < -0.3 is 19.0 Å². The molecule has 1 spiro atoms. The van der Waals surface area contributed by atoms with Crippen molar-refractivity contribution in [3.05, 3.63) is 40.6 Å².